The molecule has 0 aromatic heterocycles. The molecular weight excluding hydrogens is 434 g/mol. The van der Waals surface area contributed by atoms with E-state index in [0.29, 0.717) is 6.42 Å². The van der Waals surface area contributed by atoms with Crippen LogP contribution >= 0.6 is 0 Å². The third kappa shape index (κ3) is 10.2. The standard InChI is InChI=1S/C27H49NO6/c1-5-9-10-11-12-13-14-15-16-17-18-19-20-21-28(22(6-2)25(29)30,23(7-3)26(31)32)24(8-4)27(33)34/h13-14,22-24H,5-12,15-21H2,1-4H3,(H2-,29,30,31,32,33,34)/p+1/b14-13+. The van der Waals surface area contributed by atoms with Crippen LogP contribution in [0.4, 0.5) is 0 Å². The Bertz CT molecular complexity index is 563. The normalized spacial score (nSPS) is 16.1. The van der Waals surface area contributed by atoms with E-state index in [9.17, 15) is 29.7 Å². The van der Waals surface area contributed by atoms with Gasteiger partial charge in [-0.3, -0.25) is 4.48 Å². The maximum Gasteiger partial charge on any atom is 0.362 e. The molecule has 0 spiro atoms. The van der Waals surface area contributed by atoms with Crippen molar-refractivity contribution in [3.8, 4) is 0 Å². The number of unbranched alkanes of at least 4 members (excludes halogenated alkanes) is 9. The third-order valence-electron chi connectivity index (χ3n) is 7.06. The zero-order valence-electron chi connectivity index (χ0n) is 22.0. The molecule has 0 saturated carbocycles. The molecule has 0 aliphatic rings. The molecule has 34 heavy (non-hydrogen) atoms. The average molecular weight is 485 g/mol. The van der Waals surface area contributed by atoms with Gasteiger partial charge in [0.15, 0.2) is 18.1 Å². The summed E-state index contributed by atoms with van der Waals surface area (Å²) < 4.78 is -0.412. The quantitative estimate of drug-likeness (QED) is 0.0950. The van der Waals surface area contributed by atoms with E-state index in [1.165, 1.54) is 25.7 Å². The monoisotopic (exact) mass is 484 g/mol. The first-order valence-electron chi connectivity index (χ1n) is 13.4. The predicted octanol–water partition coefficient (Wildman–Crippen LogP) is 6.26. The molecule has 3 atom stereocenters. The van der Waals surface area contributed by atoms with Crippen LogP contribution in [0.1, 0.15) is 118 Å². The van der Waals surface area contributed by atoms with Crippen LogP contribution < -0.4 is 0 Å². The number of rotatable bonds is 22. The molecule has 0 bridgehead atoms. The Labute approximate surface area is 206 Å². The smallest absolute Gasteiger partial charge is 0.362 e. The second-order valence-corrected chi connectivity index (χ2v) is 9.38. The van der Waals surface area contributed by atoms with Gasteiger partial charge < -0.3 is 15.3 Å². The third-order valence-corrected chi connectivity index (χ3v) is 7.06. The van der Waals surface area contributed by atoms with Crippen LogP contribution in [0.25, 0.3) is 0 Å². The van der Waals surface area contributed by atoms with E-state index < -0.39 is 40.5 Å². The Morgan fingerprint density at radius 2 is 0.941 bits per heavy atom. The number of nitrogens with zero attached hydrogens (tertiary/aromatic N) is 1. The lowest BCUT2D eigenvalue weighted by Gasteiger charge is -2.49. The molecule has 0 aliphatic heterocycles. The number of aliphatic carboxylic acids is 3. The highest BCUT2D eigenvalue weighted by molar-refractivity contribution is 5.78. The van der Waals surface area contributed by atoms with Gasteiger partial charge in [0.1, 0.15) is 0 Å². The van der Waals surface area contributed by atoms with Crippen molar-refractivity contribution in [1.82, 2.24) is 0 Å². The lowest BCUT2D eigenvalue weighted by Crippen LogP contribution is -2.72. The number of hydrogen-bond donors (Lipinski definition) is 3. The van der Waals surface area contributed by atoms with Crippen molar-refractivity contribution >= 4 is 17.9 Å². The van der Waals surface area contributed by atoms with Crippen molar-refractivity contribution in [3.63, 3.8) is 0 Å². The van der Waals surface area contributed by atoms with Crippen molar-refractivity contribution in [2.45, 2.75) is 136 Å². The molecule has 0 fully saturated rings. The number of carboxylic acids is 3. The summed E-state index contributed by atoms with van der Waals surface area (Å²) in [5, 5.41) is 29.9. The molecule has 0 aromatic rings. The summed E-state index contributed by atoms with van der Waals surface area (Å²) in [7, 11) is 0. The maximum atomic E-state index is 12.2. The van der Waals surface area contributed by atoms with Crippen LogP contribution in [-0.2, 0) is 14.4 Å². The fraction of sp³-hybridized carbons (Fsp3) is 0.815. The van der Waals surface area contributed by atoms with E-state index in [2.05, 4.69) is 19.1 Å². The topological polar surface area (TPSA) is 112 Å². The van der Waals surface area contributed by atoms with Gasteiger partial charge in [-0.25, -0.2) is 14.4 Å². The highest BCUT2D eigenvalue weighted by atomic mass is 16.4. The summed E-state index contributed by atoms with van der Waals surface area (Å²) in [5.41, 5.74) is 0. The van der Waals surface area contributed by atoms with Crippen molar-refractivity contribution in [3.05, 3.63) is 12.2 Å². The van der Waals surface area contributed by atoms with Gasteiger partial charge in [-0.05, 0) is 38.5 Å². The minimum atomic E-state index is -1.12. The number of hydrogen-bond acceptors (Lipinski definition) is 3. The molecule has 0 heterocycles. The molecule has 0 radical (unpaired) electrons. The Kier molecular flexibility index (Phi) is 17.4. The Morgan fingerprint density at radius 3 is 1.29 bits per heavy atom. The number of carboxylic acid groups (broad SMARTS) is 3. The van der Waals surface area contributed by atoms with Crippen LogP contribution in [0.15, 0.2) is 12.2 Å². The Morgan fingerprint density at radius 1 is 0.588 bits per heavy atom. The minimum absolute atomic E-state index is 0.188. The van der Waals surface area contributed by atoms with Crippen LogP contribution in [0, 0.1) is 0 Å². The molecule has 7 heteroatoms. The summed E-state index contributed by atoms with van der Waals surface area (Å²) >= 11 is 0. The van der Waals surface area contributed by atoms with E-state index >= 15 is 0 Å². The van der Waals surface area contributed by atoms with Crippen LogP contribution in [-0.4, -0.2) is 62.4 Å². The molecular formula is C27H50NO6+. The first-order chi connectivity index (χ1) is 16.2. The molecule has 0 rings (SSSR count). The van der Waals surface area contributed by atoms with Crippen molar-refractivity contribution in [2.75, 3.05) is 6.54 Å². The van der Waals surface area contributed by atoms with E-state index in [1.807, 2.05) is 0 Å². The molecule has 198 valence electrons. The highest BCUT2D eigenvalue weighted by Gasteiger charge is 2.55. The fourth-order valence-electron chi connectivity index (χ4n) is 5.38. The van der Waals surface area contributed by atoms with Gasteiger partial charge >= 0.3 is 17.9 Å². The molecule has 7 nitrogen and oxygen atoms in total. The summed E-state index contributed by atoms with van der Waals surface area (Å²) in [6.07, 6.45) is 17.0. The molecule has 0 aliphatic carbocycles. The Balaban J connectivity index is 5.12. The maximum absolute atomic E-state index is 12.2. The molecule has 3 unspecified atom stereocenters. The van der Waals surface area contributed by atoms with Gasteiger partial charge in [-0.1, -0.05) is 72.0 Å². The van der Waals surface area contributed by atoms with Crippen molar-refractivity contribution in [2.24, 2.45) is 0 Å². The predicted molar refractivity (Wildman–Crippen MR) is 136 cm³/mol. The highest BCUT2D eigenvalue weighted by Crippen LogP contribution is 2.32. The molecule has 0 amide bonds. The molecule has 0 aromatic carbocycles. The number of carbonyl (C=O) groups is 3. The van der Waals surface area contributed by atoms with Gasteiger partial charge in [0.2, 0.25) is 0 Å². The first kappa shape index (κ1) is 32.1. The zero-order chi connectivity index (χ0) is 26.0. The second kappa shape index (κ2) is 18.4. The molecule has 3 N–H and O–H groups in total. The van der Waals surface area contributed by atoms with Gasteiger partial charge in [0, 0.05) is 19.3 Å². The summed E-state index contributed by atoms with van der Waals surface area (Å²) in [4.78, 5) is 36.6. The van der Waals surface area contributed by atoms with Crippen LogP contribution in [0.3, 0.4) is 0 Å². The van der Waals surface area contributed by atoms with Gasteiger partial charge in [-0.15, -0.1) is 0 Å². The van der Waals surface area contributed by atoms with Gasteiger partial charge in [0.25, 0.3) is 0 Å². The van der Waals surface area contributed by atoms with E-state index in [1.54, 1.807) is 20.8 Å². The van der Waals surface area contributed by atoms with E-state index in [-0.39, 0.29) is 25.8 Å². The van der Waals surface area contributed by atoms with Gasteiger partial charge in [-0.2, -0.15) is 0 Å². The minimum Gasteiger partial charge on any atom is -0.477 e. The summed E-state index contributed by atoms with van der Waals surface area (Å²) in [6, 6.07) is -3.20. The SMILES string of the molecule is CCCCCC/C=C/CCCCCCC[N+](C(CC)C(=O)O)(C(CC)C(=O)O)C(CC)C(=O)O. The average Bonchev–Trinajstić information content (AvgIpc) is 2.77. The zero-order valence-corrected chi connectivity index (χ0v) is 22.0. The van der Waals surface area contributed by atoms with E-state index in [0.717, 1.165) is 38.5 Å². The largest absolute Gasteiger partial charge is 0.477 e. The van der Waals surface area contributed by atoms with Crippen molar-refractivity contribution in [1.29, 1.82) is 0 Å². The summed E-state index contributed by atoms with van der Waals surface area (Å²) in [5.74, 6) is -3.37. The summed E-state index contributed by atoms with van der Waals surface area (Å²) in [6.45, 7) is 7.56. The van der Waals surface area contributed by atoms with Crippen LogP contribution in [0.2, 0.25) is 0 Å². The Hall–Kier alpha value is -1.89. The number of quaternary nitrogens is 1. The van der Waals surface area contributed by atoms with Crippen molar-refractivity contribution < 1.29 is 34.2 Å². The lowest BCUT2D eigenvalue weighted by molar-refractivity contribution is -0.973. The molecule has 0 saturated heterocycles. The van der Waals surface area contributed by atoms with Crippen LogP contribution in [0.5, 0.6) is 0 Å². The lowest BCUT2D eigenvalue weighted by atomic mass is 9.94. The fourth-order valence-corrected chi connectivity index (χ4v) is 5.38. The van der Waals surface area contributed by atoms with E-state index in [4.69, 9.17) is 0 Å². The number of allylic oxidation sites excluding steroid dienone is 2. The second-order valence-electron chi connectivity index (χ2n) is 9.38. The first-order valence-corrected chi connectivity index (χ1v) is 13.4. The van der Waals surface area contributed by atoms with Gasteiger partial charge in [0.05, 0.1) is 6.54 Å².